The minimum atomic E-state index is -0.150. The predicted octanol–water partition coefficient (Wildman–Crippen LogP) is 3.49. The lowest BCUT2D eigenvalue weighted by molar-refractivity contribution is 0.238. The zero-order valence-corrected chi connectivity index (χ0v) is 12.9. The van der Waals surface area contributed by atoms with E-state index < -0.39 is 0 Å². The molecule has 2 heterocycles. The van der Waals surface area contributed by atoms with Gasteiger partial charge in [-0.25, -0.2) is 0 Å². The van der Waals surface area contributed by atoms with E-state index in [0.717, 1.165) is 17.3 Å². The molecule has 2 aliphatic rings. The predicted molar refractivity (Wildman–Crippen MR) is 78.8 cm³/mol. The van der Waals surface area contributed by atoms with Gasteiger partial charge in [-0.1, -0.05) is 6.08 Å². The van der Waals surface area contributed by atoms with Crippen molar-refractivity contribution in [3.63, 3.8) is 0 Å². The lowest BCUT2D eigenvalue weighted by Crippen LogP contribution is -2.58. The first kappa shape index (κ1) is 12.2. The Morgan fingerprint density at radius 2 is 2.39 bits per heavy atom. The summed E-state index contributed by atoms with van der Waals surface area (Å²) < 4.78 is 1.12. The summed E-state index contributed by atoms with van der Waals surface area (Å²) in [6, 6.07) is 2.17. The first-order valence-corrected chi connectivity index (χ1v) is 7.74. The number of rotatable bonds is 1. The molecule has 0 amide bonds. The fraction of sp³-hybridized carbons (Fsp3) is 0.462. The Morgan fingerprint density at radius 1 is 1.61 bits per heavy atom. The quantitative estimate of drug-likeness (QED) is 0.829. The van der Waals surface area contributed by atoms with Crippen LogP contribution in [-0.4, -0.2) is 17.9 Å². The van der Waals surface area contributed by atoms with Crippen molar-refractivity contribution in [2.24, 2.45) is 5.92 Å². The fourth-order valence-electron chi connectivity index (χ4n) is 3.01. The highest BCUT2D eigenvalue weighted by Gasteiger charge is 2.46. The Morgan fingerprint density at radius 3 is 3.06 bits per heavy atom. The number of thiophene rings is 1. The molecule has 2 atom stereocenters. The summed E-state index contributed by atoms with van der Waals surface area (Å²) in [5.41, 5.74) is 1.15. The van der Waals surface area contributed by atoms with Crippen molar-refractivity contribution in [1.82, 2.24) is 10.2 Å². The summed E-state index contributed by atoms with van der Waals surface area (Å²) in [6.07, 6.45) is 4.55. The molecule has 1 aliphatic heterocycles. The van der Waals surface area contributed by atoms with E-state index in [9.17, 15) is 0 Å². The molecule has 1 aliphatic carbocycles. The minimum Gasteiger partial charge on any atom is -0.345 e. The molecule has 1 fully saturated rings. The van der Waals surface area contributed by atoms with E-state index in [-0.39, 0.29) is 5.54 Å². The molecule has 1 aromatic heterocycles. The highest BCUT2D eigenvalue weighted by molar-refractivity contribution is 9.10. The second kappa shape index (κ2) is 4.10. The number of allylic oxidation sites excluding steroid dienone is 1. The van der Waals surface area contributed by atoms with Gasteiger partial charge < -0.3 is 10.2 Å². The number of hydrogen-bond donors (Lipinski definition) is 2. The van der Waals surface area contributed by atoms with Crippen molar-refractivity contribution in [1.29, 1.82) is 5.41 Å². The number of halogens is 1. The SMILES string of the molecule is CN1C(=N)N[C@](C)(c2cc(Br)cs2)C2CCC=C21. The third kappa shape index (κ3) is 1.64. The van der Waals surface area contributed by atoms with Crippen LogP contribution in [0.15, 0.2) is 27.7 Å². The molecule has 0 spiro atoms. The van der Waals surface area contributed by atoms with E-state index in [1.165, 1.54) is 10.6 Å². The second-order valence-corrected chi connectivity index (χ2v) is 6.95. The molecule has 1 saturated heterocycles. The Balaban J connectivity index is 2.06. The molecule has 1 aromatic rings. The maximum atomic E-state index is 8.12. The van der Waals surface area contributed by atoms with Crippen LogP contribution in [0.4, 0.5) is 0 Å². The highest BCUT2D eigenvalue weighted by atomic mass is 79.9. The van der Waals surface area contributed by atoms with E-state index in [1.54, 1.807) is 11.3 Å². The van der Waals surface area contributed by atoms with Crippen molar-refractivity contribution in [2.45, 2.75) is 25.3 Å². The summed E-state index contributed by atoms with van der Waals surface area (Å²) in [6.45, 7) is 2.22. The van der Waals surface area contributed by atoms with Crippen LogP contribution in [0, 0.1) is 11.3 Å². The van der Waals surface area contributed by atoms with Gasteiger partial charge in [0.2, 0.25) is 0 Å². The zero-order chi connectivity index (χ0) is 12.9. The van der Waals surface area contributed by atoms with Gasteiger partial charge >= 0.3 is 0 Å². The fourth-order valence-corrected chi connectivity index (χ4v) is 4.61. The van der Waals surface area contributed by atoms with Crippen molar-refractivity contribution in [2.75, 3.05) is 7.05 Å². The van der Waals surface area contributed by atoms with Crippen LogP contribution in [0.1, 0.15) is 24.6 Å². The normalized spacial score (nSPS) is 31.1. The molecular weight excluding hydrogens is 310 g/mol. The Bertz CT molecular complexity index is 536. The molecule has 0 saturated carbocycles. The topological polar surface area (TPSA) is 39.1 Å². The van der Waals surface area contributed by atoms with Crippen LogP contribution in [0.2, 0.25) is 0 Å². The standard InChI is InChI=1S/C13H16BrN3S/c1-13(11-6-8(14)7-18-11)9-4-3-5-10(9)17(2)12(15)16-13/h5-7,9H,3-4H2,1-2H3,(H2,15,16)/t9?,13-/m0/s1. The highest BCUT2D eigenvalue weighted by Crippen LogP contribution is 2.46. The summed E-state index contributed by atoms with van der Waals surface area (Å²) in [4.78, 5) is 3.27. The van der Waals surface area contributed by atoms with E-state index >= 15 is 0 Å². The minimum absolute atomic E-state index is 0.150. The van der Waals surface area contributed by atoms with Gasteiger partial charge in [0, 0.05) is 33.4 Å². The van der Waals surface area contributed by atoms with Crippen LogP contribution < -0.4 is 5.32 Å². The van der Waals surface area contributed by atoms with Gasteiger partial charge in [-0.15, -0.1) is 11.3 Å². The summed E-state index contributed by atoms with van der Waals surface area (Å²) in [5, 5.41) is 13.6. The van der Waals surface area contributed by atoms with Crippen molar-refractivity contribution in [3.05, 3.63) is 32.6 Å². The van der Waals surface area contributed by atoms with E-state index in [2.05, 4.69) is 45.7 Å². The van der Waals surface area contributed by atoms with E-state index in [1.807, 2.05) is 11.9 Å². The Kier molecular flexibility index (Phi) is 2.79. The molecule has 5 heteroatoms. The summed E-state index contributed by atoms with van der Waals surface area (Å²) in [7, 11) is 1.98. The van der Waals surface area contributed by atoms with Gasteiger partial charge in [-0.3, -0.25) is 5.41 Å². The van der Waals surface area contributed by atoms with Gasteiger partial charge in [-0.05, 0) is 41.8 Å². The van der Waals surface area contributed by atoms with E-state index in [0.29, 0.717) is 11.9 Å². The average molecular weight is 326 g/mol. The van der Waals surface area contributed by atoms with Gasteiger partial charge in [0.15, 0.2) is 5.96 Å². The van der Waals surface area contributed by atoms with Crippen LogP contribution in [0.25, 0.3) is 0 Å². The summed E-state index contributed by atoms with van der Waals surface area (Å²) >= 11 is 5.28. The van der Waals surface area contributed by atoms with Gasteiger partial charge in [0.05, 0.1) is 5.54 Å². The largest absolute Gasteiger partial charge is 0.345 e. The molecule has 0 radical (unpaired) electrons. The molecule has 18 heavy (non-hydrogen) atoms. The number of guanidine groups is 1. The lowest BCUT2D eigenvalue weighted by atomic mass is 9.80. The first-order valence-electron chi connectivity index (χ1n) is 6.07. The van der Waals surface area contributed by atoms with Crippen molar-refractivity contribution < 1.29 is 0 Å². The van der Waals surface area contributed by atoms with Gasteiger partial charge in [-0.2, -0.15) is 0 Å². The maximum absolute atomic E-state index is 8.12. The second-order valence-electron chi connectivity index (χ2n) is 5.12. The van der Waals surface area contributed by atoms with Crippen LogP contribution in [-0.2, 0) is 5.54 Å². The molecule has 96 valence electrons. The molecule has 3 rings (SSSR count). The molecule has 2 N–H and O–H groups in total. The molecule has 1 unspecified atom stereocenters. The smallest absolute Gasteiger partial charge is 0.195 e. The first-order chi connectivity index (χ1) is 8.52. The molecule has 0 bridgehead atoms. The number of nitrogens with one attached hydrogen (secondary N) is 2. The average Bonchev–Trinajstić information content (AvgIpc) is 2.94. The molecule has 0 aromatic carbocycles. The number of hydrogen-bond acceptors (Lipinski definition) is 2. The third-order valence-electron chi connectivity index (χ3n) is 4.04. The third-order valence-corrected chi connectivity index (χ3v) is 5.97. The van der Waals surface area contributed by atoms with Crippen LogP contribution >= 0.6 is 27.3 Å². The lowest BCUT2D eigenvalue weighted by Gasteiger charge is -2.46. The maximum Gasteiger partial charge on any atom is 0.195 e. The van der Waals surface area contributed by atoms with E-state index in [4.69, 9.17) is 5.41 Å². The Labute approximate surface area is 120 Å². The Hall–Kier alpha value is -0.810. The molecule has 3 nitrogen and oxygen atoms in total. The zero-order valence-electron chi connectivity index (χ0n) is 10.5. The number of fused-ring (bicyclic) bond motifs is 1. The van der Waals surface area contributed by atoms with Gasteiger partial charge in [0.1, 0.15) is 0 Å². The van der Waals surface area contributed by atoms with Crippen LogP contribution in [0.3, 0.4) is 0 Å². The molecular formula is C13H16BrN3S. The summed E-state index contributed by atoms with van der Waals surface area (Å²) in [5.74, 6) is 0.952. The number of nitrogens with zero attached hydrogens (tertiary/aromatic N) is 1. The van der Waals surface area contributed by atoms with Crippen molar-refractivity contribution in [3.8, 4) is 0 Å². The van der Waals surface area contributed by atoms with Gasteiger partial charge in [0.25, 0.3) is 0 Å². The van der Waals surface area contributed by atoms with Crippen molar-refractivity contribution >= 4 is 33.2 Å². The van der Waals surface area contributed by atoms with Crippen LogP contribution in [0.5, 0.6) is 0 Å². The monoisotopic (exact) mass is 325 g/mol.